The van der Waals surface area contributed by atoms with Gasteiger partial charge in [-0.15, -0.1) is 0 Å². The molecule has 1 unspecified atom stereocenters. The minimum Gasteiger partial charge on any atom is -0.504 e. The minimum atomic E-state index is -0.171. The predicted molar refractivity (Wildman–Crippen MR) is 58.9 cm³/mol. The first-order chi connectivity index (χ1) is 6.94. The van der Waals surface area contributed by atoms with Crippen LogP contribution in [-0.4, -0.2) is 16.8 Å². The number of phenolic OH excluding ortho intramolecular Hbond substituents is 2. The molecule has 1 aromatic carbocycles. The number of aromatic hydroxyl groups is 2. The summed E-state index contributed by atoms with van der Waals surface area (Å²) in [6, 6.07) is 5.07. The Bertz CT molecular complexity index is 401. The maximum absolute atomic E-state index is 9.83. The number of hydrogen-bond acceptors (Lipinski definition) is 3. The van der Waals surface area contributed by atoms with E-state index in [-0.39, 0.29) is 22.3 Å². The molecule has 1 aliphatic rings. The molecule has 15 heavy (non-hydrogen) atoms. The lowest BCUT2D eigenvalue weighted by Gasteiger charge is -2.20. The molecule has 0 heterocycles. The van der Waals surface area contributed by atoms with E-state index in [1.165, 1.54) is 6.07 Å². The Labute approximate surface area is 89.5 Å². The molecule has 0 aromatic heterocycles. The summed E-state index contributed by atoms with van der Waals surface area (Å²) in [6.07, 6.45) is 0.952. The Kier molecular flexibility index (Phi) is 1.98. The normalized spacial score (nSPS) is 27.7. The first-order valence-corrected chi connectivity index (χ1v) is 5.16. The van der Waals surface area contributed by atoms with E-state index in [1.54, 1.807) is 6.07 Å². The largest absolute Gasteiger partial charge is 0.504 e. The molecule has 1 saturated carbocycles. The number of rotatable bonds is 2. The van der Waals surface area contributed by atoms with Crippen LogP contribution in [0.25, 0.3) is 0 Å². The second-order valence-corrected chi connectivity index (χ2v) is 5.02. The molecule has 82 valence electrons. The van der Waals surface area contributed by atoms with Crippen molar-refractivity contribution in [3.63, 3.8) is 0 Å². The number of para-hydroxylation sites is 1. The van der Waals surface area contributed by atoms with Gasteiger partial charge >= 0.3 is 0 Å². The first-order valence-electron chi connectivity index (χ1n) is 5.16. The van der Waals surface area contributed by atoms with Gasteiger partial charge in [-0.05, 0) is 17.9 Å². The first kappa shape index (κ1) is 10.3. The van der Waals surface area contributed by atoms with Crippen LogP contribution in [0.2, 0.25) is 0 Å². The van der Waals surface area contributed by atoms with Gasteiger partial charge in [0.25, 0.3) is 0 Å². The summed E-state index contributed by atoms with van der Waals surface area (Å²) in [6.45, 7) is 4.75. The molecule has 0 amide bonds. The van der Waals surface area contributed by atoms with E-state index in [1.807, 2.05) is 6.07 Å². The lowest BCUT2D eigenvalue weighted by Crippen LogP contribution is -2.25. The zero-order valence-corrected chi connectivity index (χ0v) is 9.12. The van der Waals surface area contributed by atoms with Crippen LogP contribution in [0.5, 0.6) is 11.5 Å². The Hall–Kier alpha value is -1.22. The summed E-state index contributed by atoms with van der Waals surface area (Å²) in [5.41, 5.74) is 6.51. The quantitative estimate of drug-likeness (QED) is 0.647. The molecule has 1 fully saturated rings. The molecule has 1 aliphatic carbocycles. The van der Waals surface area contributed by atoms with Crippen molar-refractivity contribution in [2.75, 3.05) is 6.54 Å². The van der Waals surface area contributed by atoms with Crippen molar-refractivity contribution in [3.8, 4) is 11.5 Å². The maximum atomic E-state index is 9.83. The second-order valence-electron chi connectivity index (χ2n) is 5.02. The molecule has 1 atom stereocenters. The summed E-state index contributed by atoms with van der Waals surface area (Å²) >= 11 is 0. The molecule has 0 spiro atoms. The average Bonchev–Trinajstić information content (AvgIpc) is 2.74. The summed E-state index contributed by atoms with van der Waals surface area (Å²) < 4.78 is 0. The fraction of sp³-hybridized carbons (Fsp3) is 0.500. The number of hydrogen-bond donors (Lipinski definition) is 3. The highest BCUT2D eigenvalue weighted by Gasteiger charge is 2.62. The van der Waals surface area contributed by atoms with Gasteiger partial charge in [0.2, 0.25) is 0 Å². The van der Waals surface area contributed by atoms with Crippen LogP contribution < -0.4 is 5.73 Å². The van der Waals surface area contributed by atoms with Gasteiger partial charge in [-0.1, -0.05) is 26.0 Å². The third kappa shape index (κ3) is 1.23. The van der Waals surface area contributed by atoms with Crippen LogP contribution >= 0.6 is 0 Å². The molecule has 0 radical (unpaired) electrons. The van der Waals surface area contributed by atoms with E-state index in [2.05, 4.69) is 13.8 Å². The molecule has 4 N–H and O–H groups in total. The average molecular weight is 207 g/mol. The van der Waals surface area contributed by atoms with Crippen LogP contribution in [0.1, 0.15) is 25.8 Å². The molecule has 3 heteroatoms. The summed E-state index contributed by atoms with van der Waals surface area (Å²) in [5.74, 6) is -0.0865. The highest BCUT2D eigenvalue weighted by molar-refractivity contribution is 5.52. The highest BCUT2D eigenvalue weighted by atomic mass is 16.3. The molecule has 1 aromatic rings. The number of phenols is 2. The lowest BCUT2D eigenvalue weighted by molar-refractivity contribution is 0.387. The van der Waals surface area contributed by atoms with Crippen molar-refractivity contribution in [3.05, 3.63) is 23.8 Å². The molecule has 3 nitrogen and oxygen atoms in total. The van der Waals surface area contributed by atoms with Crippen LogP contribution in [0, 0.1) is 5.41 Å². The summed E-state index contributed by atoms with van der Waals surface area (Å²) in [5, 5.41) is 19.3. The van der Waals surface area contributed by atoms with Gasteiger partial charge < -0.3 is 15.9 Å². The van der Waals surface area contributed by atoms with Gasteiger partial charge in [-0.2, -0.15) is 0 Å². The van der Waals surface area contributed by atoms with Gasteiger partial charge in [0.15, 0.2) is 11.5 Å². The highest BCUT2D eigenvalue weighted by Crippen LogP contribution is 2.65. The van der Waals surface area contributed by atoms with Crippen LogP contribution in [0.15, 0.2) is 18.2 Å². The van der Waals surface area contributed by atoms with Crippen molar-refractivity contribution >= 4 is 0 Å². The van der Waals surface area contributed by atoms with Gasteiger partial charge in [-0.25, -0.2) is 0 Å². The molecule has 0 bridgehead atoms. The van der Waals surface area contributed by atoms with E-state index in [9.17, 15) is 10.2 Å². The Morgan fingerprint density at radius 1 is 1.33 bits per heavy atom. The van der Waals surface area contributed by atoms with E-state index in [4.69, 9.17) is 5.73 Å². The van der Waals surface area contributed by atoms with Crippen molar-refractivity contribution in [1.29, 1.82) is 0 Å². The smallest absolute Gasteiger partial charge is 0.161 e. The Morgan fingerprint density at radius 2 is 1.93 bits per heavy atom. The third-order valence-electron chi connectivity index (χ3n) is 3.79. The standard InChI is InChI=1S/C12H17NO2/c1-11(2)6-12(11,7-13)8-4-3-5-9(14)10(8)15/h3-5,14-15H,6-7,13H2,1-2H3. The topological polar surface area (TPSA) is 66.5 Å². The summed E-state index contributed by atoms with van der Waals surface area (Å²) in [7, 11) is 0. The van der Waals surface area contributed by atoms with E-state index < -0.39 is 0 Å². The van der Waals surface area contributed by atoms with E-state index >= 15 is 0 Å². The van der Waals surface area contributed by atoms with Crippen LogP contribution in [0.4, 0.5) is 0 Å². The van der Waals surface area contributed by atoms with E-state index in [0.717, 1.165) is 12.0 Å². The minimum absolute atomic E-state index is 0.0199. The van der Waals surface area contributed by atoms with Gasteiger partial charge in [0.1, 0.15) is 0 Å². The number of benzene rings is 1. The van der Waals surface area contributed by atoms with Crippen molar-refractivity contribution in [2.45, 2.75) is 25.7 Å². The van der Waals surface area contributed by atoms with Crippen molar-refractivity contribution in [1.82, 2.24) is 0 Å². The third-order valence-corrected chi connectivity index (χ3v) is 3.79. The van der Waals surface area contributed by atoms with Crippen LogP contribution in [0.3, 0.4) is 0 Å². The zero-order chi connectivity index (χ0) is 11.3. The Balaban J connectivity index is 2.51. The number of nitrogens with two attached hydrogens (primary N) is 1. The molecular weight excluding hydrogens is 190 g/mol. The van der Waals surface area contributed by atoms with Gasteiger partial charge in [-0.3, -0.25) is 0 Å². The van der Waals surface area contributed by atoms with Gasteiger partial charge in [0.05, 0.1) is 0 Å². The molecule has 0 saturated heterocycles. The SMILES string of the molecule is CC1(C)CC1(CN)c1cccc(O)c1O. The lowest BCUT2D eigenvalue weighted by atomic mass is 9.87. The maximum Gasteiger partial charge on any atom is 0.161 e. The van der Waals surface area contributed by atoms with Gasteiger partial charge in [0, 0.05) is 17.5 Å². The van der Waals surface area contributed by atoms with Crippen molar-refractivity contribution < 1.29 is 10.2 Å². The molecule has 2 rings (SSSR count). The van der Waals surface area contributed by atoms with Crippen molar-refractivity contribution in [2.24, 2.45) is 11.1 Å². The molecular formula is C12H17NO2. The monoisotopic (exact) mass is 207 g/mol. The van der Waals surface area contributed by atoms with Crippen LogP contribution in [-0.2, 0) is 5.41 Å². The Morgan fingerprint density at radius 3 is 2.40 bits per heavy atom. The molecule has 0 aliphatic heterocycles. The fourth-order valence-electron chi connectivity index (χ4n) is 2.55. The predicted octanol–water partition coefficient (Wildman–Crippen LogP) is 1.72. The zero-order valence-electron chi connectivity index (χ0n) is 9.12. The second kappa shape index (κ2) is 2.89. The van der Waals surface area contributed by atoms with E-state index in [0.29, 0.717) is 6.54 Å². The summed E-state index contributed by atoms with van der Waals surface area (Å²) in [4.78, 5) is 0. The fourth-order valence-corrected chi connectivity index (χ4v) is 2.55.